The van der Waals surface area contributed by atoms with Gasteiger partial charge in [0.25, 0.3) is 0 Å². The zero-order valence-electron chi connectivity index (χ0n) is 16.0. The molecular formula is C19H29N7S. The van der Waals surface area contributed by atoms with Crippen LogP contribution in [0.4, 0.5) is 5.95 Å². The van der Waals surface area contributed by atoms with Crippen molar-refractivity contribution in [2.24, 2.45) is 4.99 Å². The summed E-state index contributed by atoms with van der Waals surface area (Å²) < 4.78 is 0. The van der Waals surface area contributed by atoms with Crippen molar-refractivity contribution in [3.05, 3.63) is 40.8 Å². The fraction of sp³-hybridized carbons (Fsp3) is 0.526. The van der Waals surface area contributed by atoms with Crippen LogP contribution in [0.2, 0.25) is 0 Å². The summed E-state index contributed by atoms with van der Waals surface area (Å²) in [6.07, 6.45) is 4.64. The molecule has 2 aromatic heterocycles. The van der Waals surface area contributed by atoms with E-state index in [0.29, 0.717) is 0 Å². The van der Waals surface area contributed by atoms with Gasteiger partial charge >= 0.3 is 0 Å². The Hall–Kier alpha value is -2.19. The fourth-order valence-corrected chi connectivity index (χ4v) is 3.74. The van der Waals surface area contributed by atoms with Gasteiger partial charge in [0.05, 0.1) is 6.54 Å². The third-order valence-corrected chi connectivity index (χ3v) is 5.42. The summed E-state index contributed by atoms with van der Waals surface area (Å²) in [5.41, 5.74) is 0. The van der Waals surface area contributed by atoms with E-state index in [1.54, 1.807) is 23.7 Å². The maximum Gasteiger partial charge on any atom is 0.225 e. The number of nitrogens with zero attached hydrogens (tertiary/aromatic N) is 5. The molecule has 3 rings (SSSR count). The molecule has 1 saturated heterocycles. The topological polar surface area (TPSA) is 68.7 Å². The zero-order chi connectivity index (χ0) is 18.7. The second-order valence-corrected chi connectivity index (χ2v) is 7.43. The predicted octanol–water partition coefficient (Wildman–Crippen LogP) is 1.46. The average molecular weight is 388 g/mol. The van der Waals surface area contributed by atoms with Crippen molar-refractivity contribution in [1.82, 2.24) is 25.5 Å². The first-order chi connectivity index (χ1) is 13.3. The molecule has 0 radical (unpaired) electrons. The lowest BCUT2D eigenvalue weighted by Gasteiger charge is -2.34. The number of aromatic nitrogens is 2. The van der Waals surface area contributed by atoms with Crippen molar-refractivity contribution < 1.29 is 0 Å². The number of thiophene rings is 1. The summed E-state index contributed by atoms with van der Waals surface area (Å²) >= 11 is 1.80. The lowest BCUT2D eigenvalue weighted by molar-refractivity contribution is 0.263. The van der Waals surface area contributed by atoms with Gasteiger partial charge < -0.3 is 15.5 Å². The Morgan fingerprint density at radius 1 is 1.15 bits per heavy atom. The highest BCUT2D eigenvalue weighted by molar-refractivity contribution is 7.09. The number of anilines is 1. The summed E-state index contributed by atoms with van der Waals surface area (Å²) in [5, 5.41) is 8.88. The third kappa shape index (κ3) is 6.48. The predicted molar refractivity (Wildman–Crippen MR) is 113 cm³/mol. The van der Waals surface area contributed by atoms with E-state index in [-0.39, 0.29) is 0 Å². The highest BCUT2D eigenvalue weighted by Crippen LogP contribution is 2.09. The molecule has 27 heavy (non-hydrogen) atoms. The van der Waals surface area contributed by atoms with Gasteiger partial charge in [-0.1, -0.05) is 6.07 Å². The molecule has 0 bridgehead atoms. The van der Waals surface area contributed by atoms with Crippen LogP contribution in [0.25, 0.3) is 0 Å². The largest absolute Gasteiger partial charge is 0.357 e. The maximum atomic E-state index is 4.72. The molecule has 2 aromatic rings. The summed E-state index contributed by atoms with van der Waals surface area (Å²) in [4.78, 5) is 19.5. The van der Waals surface area contributed by atoms with Gasteiger partial charge in [0, 0.05) is 63.1 Å². The van der Waals surface area contributed by atoms with Crippen LogP contribution in [0.3, 0.4) is 0 Å². The van der Waals surface area contributed by atoms with Crippen molar-refractivity contribution in [3.63, 3.8) is 0 Å². The molecule has 0 aliphatic carbocycles. The molecule has 0 spiro atoms. The van der Waals surface area contributed by atoms with Crippen LogP contribution >= 0.6 is 11.3 Å². The lowest BCUT2D eigenvalue weighted by atomic mass is 10.3. The second kappa shape index (κ2) is 10.8. The van der Waals surface area contributed by atoms with Crippen molar-refractivity contribution in [3.8, 4) is 0 Å². The molecule has 2 N–H and O–H groups in total. The SMILES string of the molecule is CCNC(=NCCN1CCN(c2ncccn2)CC1)NCCc1cccs1. The minimum absolute atomic E-state index is 0.802. The van der Waals surface area contributed by atoms with Crippen LogP contribution in [-0.2, 0) is 6.42 Å². The van der Waals surface area contributed by atoms with E-state index in [4.69, 9.17) is 4.99 Å². The third-order valence-electron chi connectivity index (χ3n) is 4.48. The van der Waals surface area contributed by atoms with E-state index in [1.165, 1.54) is 4.88 Å². The minimum atomic E-state index is 0.802. The Morgan fingerprint density at radius 3 is 2.67 bits per heavy atom. The lowest BCUT2D eigenvalue weighted by Crippen LogP contribution is -2.47. The van der Waals surface area contributed by atoms with Crippen LogP contribution in [0.1, 0.15) is 11.8 Å². The fourth-order valence-electron chi connectivity index (χ4n) is 3.03. The van der Waals surface area contributed by atoms with Gasteiger partial charge in [-0.3, -0.25) is 9.89 Å². The number of guanidine groups is 1. The molecular weight excluding hydrogens is 358 g/mol. The first kappa shape index (κ1) is 19.6. The first-order valence-corrected chi connectivity index (χ1v) is 10.5. The van der Waals surface area contributed by atoms with E-state index < -0.39 is 0 Å². The van der Waals surface area contributed by atoms with E-state index >= 15 is 0 Å². The van der Waals surface area contributed by atoms with Gasteiger partial charge in [0.15, 0.2) is 5.96 Å². The highest BCUT2D eigenvalue weighted by atomic mass is 32.1. The zero-order valence-corrected chi connectivity index (χ0v) is 16.8. The Balaban J connectivity index is 1.37. The van der Waals surface area contributed by atoms with Gasteiger partial charge in [0.1, 0.15) is 0 Å². The van der Waals surface area contributed by atoms with E-state index in [1.807, 2.05) is 6.07 Å². The van der Waals surface area contributed by atoms with Crippen molar-refractivity contribution in [2.45, 2.75) is 13.3 Å². The van der Waals surface area contributed by atoms with Crippen LogP contribution < -0.4 is 15.5 Å². The van der Waals surface area contributed by atoms with E-state index in [0.717, 1.165) is 70.7 Å². The number of nitrogens with one attached hydrogen (secondary N) is 2. The summed E-state index contributed by atoms with van der Waals surface area (Å²) in [6, 6.07) is 6.13. The van der Waals surface area contributed by atoms with Gasteiger partial charge in [-0.15, -0.1) is 11.3 Å². The first-order valence-electron chi connectivity index (χ1n) is 9.64. The molecule has 8 heteroatoms. The molecule has 1 aliphatic heterocycles. The molecule has 7 nitrogen and oxygen atoms in total. The number of hydrogen-bond donors (Lipinski definition) is 2. The molecule has 3 heterocycles. The Bertz CT molecular complexity index is 667. The molecule has 0 saturated carbocycles. The van der Waals surface area contributed by atoms with Crippen LogP contribution in [0.15, 0.2) is 41.0 Å². The molecule has 1 fully saturated rings. The van der Waals surface area contributed by atoms with E-state index in [2.05, 4.69) is 54.8 Å². The molecule has 0 atom stereocenters. The number of aliphatic imine (C=N–C) groups is 1. The average Bonchev–Trinajstić information content (AvgIpc) is 3.23. The van der Waals surface area contributed by atoms with Crippen LogP contribution in [-0.4, -0.2) is 73.2 Å². The monoisotopic (exact) mass is 387 g/mol. The normalized spacial score (nSPS) is 15.7. The minimum Gasteiger partial charge on any atom is -0.357 e. The van der Waals surface area contributed by atoms with Crippen LogP contribution in [0, 0.1) is 0 Å². The summed E-state index contributed by atoms with van der Waals surface area (Å²) in [5.74, 6) is 1.74. The number of piperazine rings is 1. The van der Waals surface area contributed by atoms with Gasteiger partial charge in [0.2, 0.25) is 5.95 Å². The van der Waals surface area contributed by atoms with Gasteiger partial charge in [-0.2, -0.15) is 0 Å². The molecule has 0 unspecified atom stereocenters. The standard InChI is InChI=1S/C19H29N7S/c1-2-20-18(21-9-6-17-5-3-16-27-17)22-10-11-25-12-14-26(15-13-25)19-23-7-4-8-24-19/h3-5,7-8,16H,2,6,9-15H2,1H3,(H2,20,21,22). The number of hydrogen-bond acceptors (Lipinski definition) is 6. The van der Waals surface area contributed by atoms with Gasteiger partial charge in [-0.05, 0) is 30.9 Å². The van der Waals surface area contributed by atoms with Crippen molar-refractivity contribution >= 4 is 23.2 Å². The second-order valence-electron chi connectivity index (χ2n) is 6.39. The van der Waals surface area contributed by atoms with Gasteiger partial charge in [-0.25, -0.2) is 9.97 Å². The Labute approximate surface area is 165 Å². The smallest absolute Gasteiger partial charge is 0.225 e. The quantitative estimate of drug-likeness (QED) is 0.528. The molecule has 1 aliphatic rings. The highest BCUT2D eigenvalue weighted by Gasteiger charge is 2.18. The molecule has 146 valence electrons. The summed E-state index contributed by atoms with van der Waals surface area (Å²) in [7, 11) is 0. The molecule has 0 aromatic carbocycles. The molecule has 0 amide bonds. The summed E-state index contributed by atoms with van der Waals surface area (Å²) in [6.45, 7) is 9.64. The van der Waals surface area contributed by atoms with Crippen LogP contribution in [0.5, 0.6) is 0 Å². The maximum absolute atomic E-state index is 4.72. The Morgan fingerprint density at radius 2 is 1.96 bits per heavy atom. The van der Waals surface area contributed by atoms with Crippen molar-refractivity contribution in [1.29, 1.82) is 0 Å². The van der Waals surface area contributed by atoms with Crippen molar-refractivity contribution in [2.75, 3.05) is 57.3 Å². The number of rotatable bonds is 8. The van der Waals surface area contributed by atoms with E-state index in [9.17, 15) is 0 Å². The Kier molecular flexibility index (Phi) is 7.85.